The van der Waals surface area contributed by atoms with Gasteiger partial charge in [0.05, 0.1) is 5.02 Å². The highest BCUT2D eigenvalue weighted by Gasteiger charge is 2.26. The van der Waals surface area contributed by atoms with Gasteiger partial charge in [-0.25, -0.2) is 4.39 Å². The Balaban J connectivity index is 2.98. The summed E-state index contributed by atoms with van der Waals surface area (Å²) in [4.78, 5) is 0. The van der Waals surface area contributed by atoms with E-state index in [1.807, 2.05) is 6.07 Å². The fourth-order valence-corrected chi connectivity index (χ4v) is 3.01. The third-order valence-electron chi connectivity index (χ3n) is 3.38. The maximum Gasteiger partial charge on any atom is 0.142 e. The minimum atomic E-state index is -0.324. The lowest BCUT2D eigenvalue weighted by molar-refractivity contribution is 0.306. The molecule has 0 aromatic heterocycles. The molecule has 0 N–H and O–H groups in total. The number of benzene rings is 1. The smallest absolute Gasteiger partial charge is 0.142 e. The van der Waals surface area contributed by atoms with Crippen LogP contribution < -0.4 is 0 Å². The van der Waals surface area contributed by atoms with Crippen molar-refractivity contribution in [3.8, 4) is 0 Å². The Kier molecular flexibility index (Phi) is 5.26. The molecule has 0 atom stereocenters. The monoisotopic (exact) mass is 306 g/mol. The topological polar surface area (TPSA) is 0 Å². The third kappa shape index (κ3) is 2.98. The molecule has 0 aliphatic rings. The van der Waals surface area contributed by atoms with E-state index in [4.69, 9.17) is 11.6 Å². The fraction of sp³-hybridized carbons (Fsp3) is 0.538. The first-order valence-corrected chi connectivity index (χ1v) is 7.07. The molecule has 0 saturated heterocycles. The van der Waals surface area contributed by atoms with Gasteiger partial charge in [-0.3, -0.25) is 0 Å². The van der Waals surface area contributed by atoms with Crippen LogP contribution in [0.1, 0.15) is 32.3 Å². The van der Waals surface area contributed by atoms with Crippen molar-refractivity contribution in [3.05, 3.63) is 34.6 Å². The Morgan fingerprint density at radius 2 is 1.94 bits per heavy atom. The number of rotatable bonds is 5. The van der Waals surface area contributed by atoms with Crippen LogP contribution in [0.5, 0.6) is 0 Å². The molecule has 1 rings (SSSR count). The number of halogens is 3. The van der Waals surface area contributed by atoms with Crippen molar-refractivity contribution < 1.29 is 4.39 Å². The van der Waals surface area contributed by atoms with Crippen LogP contribution in [0, 0.1) is 11.2 Å². The van der Waals surface area contributed by atoms with Crippen molar-refractivity contribution in [3.63, 3.8) is 0 Å². The van der Waals surface area contributed by atoms with Gasteiger partial charge in [0.1, 0.15) is 5.82 Å². The Hall–Kier alpha value is -0.0800. The van der Waals surface area contributed by atoms with Gasteiger partial charge in [0, 0.05) is 5.33 Å². The molecule has 3 heteroatoms. The number of alkyl halides is 1. The third-order valence-corrected chi connectivity index (χ3v) is 4.99. The highest BCUT2D eigenvalue weighted by Crippen LogP contribution is 2.35. The van der Waals surface area contributed by atoms with Gasteiger partial charge in [-0.15, -0.1) is 0 Å². The number of hydrogen-bond acceptors (Lipinski definition) is 0. The summed E-state index contributed by atoms with van der Waals surface area (Å²) in [6, 6.07) is 5.04. The van der Waals surface area contributed by atoms with Crippen molar-refractivity contribution in [2.45, 2.75) is 33.1 Å². The van der Waals surface area contributed by atoms with Gasteiger partial charge in [0.25, 0.3) is 0 Å². The maximum absolute atomic E-state index is 13.3. The molecule has 0 amide bonds. The summed E-state index contributed by atoms with van der Waals surface area (Å²) in [7, 11) is 0. The van der Waals surface area contributed by atoms with E-state index in [9.17, 15) is 4.39 Å². The molecule has 0 fully saturated rings. The van der Waals surface area contributed by atoms with Gasteiger partial charge >= 0.3 is 0 Å². The molecule has 90 valence electrons. The van der Waals surface area contributed by atoms with E-state index in [0.717, 1.165) is 30.2 Å². The van der Waals surface area contributed by atoms with Crippen LogP contribution in [0.4, 0.5) is 4.39 Å². The molecular formula is C13H17BrClF. The number of hydrogen-bond donors (Lipinski definition) is 0. The Labute approximate surface area is 110 Å². The summed E-state index contributed by atoms with van der Waals surface area (Å²) < 4.78 is 13.3. The van der Waals surface area contributed by atoms with E-state index in [0.29, 0.717) is 0 Å². The van der Waals surface area contributed by atoms with Crippen molar-refractivity contribution >= 4 is 27.5 Å². The summed E-state index contributed by atoms with van der Waals surface area (Å²) in [5.41, 5.74) is 1.09. The standard InChI is InChI=1S/C13H17BrClF/c1-3-13(4-2,9-14)8-10-6-5-7-11(16)12(10)15/h5-7H,3-4,8-9H2,1-2H3. The van der Waals surface area contributed by atoms with Gasteiger partial charge in [-0.2, -0.15) is 0 Å². The lowest BCUT2D eigenvalue weighted by atomic mass is 9.79. The van der Waals surface area contributed by atoms with E-state index < -0.39 is 0 Å². The first kappa shape index (κ1) is 14.0. The van der Waals surface area contributed by atoms with E-state index in [-0.39, 0.29) is 16.3 Å². The van der Waals surface area contributed by atoms with Crippen LogP contribution in [0.15, 0.2) is 18.2 Å². The largest absolute Gasteiger partial charge is 0.205 e. The highest BCUT2D eigenvalue weighted by atomic mass is 79.9. The Bertz CT molecular complexity index is 340. The molecule has 0 nitrogen and oxygen atoms in total. The SMILES string of the molecule is CCC(CC)(CBr)Cc1cccc(F)c1Cl. The Morgan fingerprint density at radius 1 is 1.31 bits per heavy atom. The Morgan fingerprint density at radius 3 is 2.44 bits per heavy atom. The van der Waals surface area contributed by atoms with Crippen LogP contribution in [0.3, 0.4) is 0 Å². The lowest BCUT2D eigenvalue weighted by Crippen LogP contribution is -2.24. The highest BCUT2D eigenvalue weighted by molar-refractivity contribution is 9.09. The minimum absolute atomic E-state index is 0.178. The predicted octanol–water partition coefficient (Wildman–Crippen LogP) is 5.22. The van der Waals surface area contributed by atoms with Gasteiger partial charge in [0.15, 0.2) is 0 Å². The predicted molar refractivity (Wildman–Crippen MR) is 71.9 cm³/mol. The fourth-order valence-electron chi connectivity index (χ4n) is 1.83. The van der Waals surface area contributed by atoms with Crippen LogP contribution >= 0.6 is 27.5 Å². The van der Waals surface area contributed by atoms with Crippen LogP contribution in [-0.4, -0.2) is 5.33 Å². The van der Waals surface area contributed by atoms with Gasteiger partial charge in [-0.05, 0) is 36.3 Å². The second-order valence-electron chi connectivity index (χ2n) is 4.23. The molecule has 0 aliphatic carbocycles. The average Bonchev–Trinajstić information content (AvgIpc) is 2.32. The zero-order valence-corrected chi connectivity index (χ0v) is 12.0. The van der Waals surface area contributed by atoms with Crippen molar-refractivity contribution in [1.29, 1.82) is 0 Å². The van der Waals surface area contributed by atoms with Crippen LogP contribution in [-0.2, 0) is 6.42 Å². The molecular weight excluding hydrogens is 290 g/mol. The van der Waals surface area contributed by atoms with E-state index in [2.05, 4.69) is 29.8 Å². The molecule has 1 aromatic carbocycles. The molecule has 0 spiro atoms. The normalized spacial score (nSPS) is 11.8. The van der Waals surface area contributed by atoms with Gasteiger partial charge in [-0.1, -0.05) is 53.5 Å². The summed E-state index contributed by atoms with van der Waals surface area (Å²) in [6.07, 6.45) is 2.94. The molecule has 0 aliphatic heterocycles. The second-order valence-corrected chi connectivity index (χ2v) is 5.17. The minimum Gasteiger partial charge on any atom is -0.205 e. The molecule has 0 saturated carbocycles. The second kappa shape index (κ2) is 6.02. The van der Waals surface area contributed by atoms with Crippen LogP contribution in [0.25, 0.3) is 0 Å². The van der Waals surface area contributed by atoms with Crippen LogP contribution in [0.2, 0.25) is 5.02 Å². The van der Waals surface area contributed by atoms with Gasteiger partial charge < -0.3 is 0 Å². The molecule has 0 bridgehead atoms. The summed E-state index contributed by atoms with van der Waals surface area (Å²) >= 11 is 9.54. The van der Waals surface area contributed by atoms with Crippen molar-refractivity contribution in [1.82, 2.24) is 0 Å². The molecule has 0 heterocycles. The summed E-state index contributed by atoms with van der Waals surface area (Å²) in [6.45, 7) is 4.33. The van der Waals surface area contributed by atoms with Gasteiger partial charge in [0.2, 0.25) is 0 Å². The lowest BCUT2D eigenvalue weighted by Gasteiger charge is -2.30. The average molecular weight is 308 g/mol. The molecule has 16 heavy (non-hydrogen) atoms. The van der Waals surface area contributed by atoms with Crippen molar-refractivity contribution in [2.75, 3.05) is 5.33 Å². The summed E-state index contributed by atoms with van der Waals surface area (Å²) in [5, 5.41) is 1.19. The van der Waals surface area contributed by atoms with E-state index in [1.54, 1.807) is 6.07 Å². The molecule has 0 radical (unpaired) electrons. The molecule has 0 unspecified atom stereocenters. The molecule has 1 aromatic rings. The van der Waals surface area contributed by atoms with E-state index >= 15 is 0 Å². The zero-order chi connectivity index (χ0) is 12.2. The first-order chi connectivity index (χ1) is 7.58. The maximum atomic E-state index is 13.3. The summed E-state index contributed by atoms with van der Waals surface area (Å²) in [5.74, 6) is -0.324. The zero-order valence-electron chi connectivity index (χ0n) is 9.69. The van der Waals surface area contributed by atoms with Crippen molar-refractivity contribution in [2.24, 2.45) is 5.41 Å². The quantitative estimate of drug-likeness (QED) is 0.654. The van der Waals surface area contributed by atoms with E-state index in [1.165, 1.54) is 6.07 Å². The first-order valence-electron chi connectivity index (χ1n) is 5.57.